The van der Waals surface area contributed by atoms with Gasteiger partial charge >= 0.3 is 0 Å². The zero-order valence-electron chi connectivity index (χ0n) is 19.6. The summed E-state index contributed by atoms with van der Waals surface area (Å²) in [6.07, 6.45) is 10.2. The first-order valence-electron chi connectivity index (χ1n) is 12.4. The Hall–Kier alpha value is -1.89. The highest BCUT2D eigenvalue weighted by Gasteiger charge is 2.74. The lowest BCUT2D eigenvalue weighted by Crippen LogP contribution is -2.41. The molecule has 33 heavy (non-hydrogen) atoms. The van der Waals surface area contributed by atoms with Crippen LogP contribution in [0.15, 0.2) is 77.6 Å². The smallest absolute Gasteiger partial charge is 0.118 e. The van der Waals surface area contributed by atoms with Crippen LogP contribution in [-0.2, 0) is 11.8 Å². The first kappa shape index (κ1) is 20.5. The molecule has 8 atom stereocenters. The number of hydrogen-bond donors (Lipinski definition) is 0. The Labute approximate surface area is 202 Å². The minimum atomic E-state index is -1.91. The molecule has 2 saturated carbocycles. The van der Waals surface area contributed by atoms with E-state index in [1.807, 2.05) is 0 Å². The number of fused-ring (bicyclic) bond motifs is 12. The van der Waals surface area contributed by atoms with Gasteiger partial charge < -0.3 is 4.74 Å². The van der Waals surface area contributed by atoms with Crippen LogP contribution in [0.25, 0.3) is 11.4 Å². The van der Waals surface area contributed by atoms with E-state index in [9.17, 15) is 0 Å². The van der Waals surface area contributed by atoms with E-state index < -0.39 is 6.04 Å². The van der Waals surface area contributed by atoms with E-state index >= 15 is 0 Å². The third kappa shape index (κ3) is 2.37. The molecule has 2 aliphatic heterocycles. The van der Waals surface area contributed by atoms with Crippen molar-refractivity contribution in [2.24, 2.45) is 35.0 Å². The molecule has 5 aliphatic rings. The highest BCUT2D eigenvalue weighted by molar-refractivity contribution is 8.22. The van der Waals surface area contributed by atoms with Crippen molar-refractivity contribution in [1.82, 2.24) is 0 Å². The normalized spacial score (nSPS) is 42.9. The predicted molar refractivity (Wildman–Crippen MR) is 142 cm³/mol. The van der Waals surface area contributed by atoms with Gasteiger partial charge in [0.2, 0.25) is 0 Å². The Morgan fingerprint density at radius 1 is 1.03 bits per heavy atom. The van der Waals surface area contributed by atoms with Gasteiger partial charge in [0.1, 0.15) is 5.75 Å². The molecule has 2 aromatic carbocycles. The lowest BCUT2D eigenvalue weighted by atomic mass is 9.61. The minimum Gasteiger partial charge on any atom is -0.497 e. The van der Waals surface area contributed by atoms with Crippen LogP contribution < -0.4 is 4.74 Å². The first-order chi connectivity index (χ1) is 16.0. The van der Waals surface area contributed by atoms with Crippen molar-refractivity contribution in [2.45, 2.75) is 32.3 Å². The van der Waals surface area contributed by atoms with E-state index in [4.69, 9.17) is 16.5 Å². The molecular weight excluding hydrogens is 439 g/mol. The van der Waals surface area contributed by atoms with Crippen molar-refractivity contribution in [2.75, 3.05) is 7.11 Å². The lowest BCUT2D eigenvalue weighted by molar-refractivity contribution is 0.153. The van der Waals surface area contributed by atoms with Crippen molar-refractivity contribution in [3.63, 3.8) is 0 Å². The fourth-order valence-corrected chi connectivity index (χ4v) is 16.5. The van der Waals surface area contributed by atoms with Gasteiger partial charge in [0.05, 0.1) is 7.11 Å². The second-order valence-corrected chi connectivity index (χ2v) is 15.6. The summed E-state index contributed by atoms with van der Waals surface area (Å²) < 4.78 is 5.42. The third-order valence-corrected chi connectivity index (χ3v) is 16.0. The van der Waals surface area contributed by atoms with Crippen molar-refractivity contribution < 1.29 is 4.74 Å². The number of rotatable bonds is 3. The quantitative estimate of drug-likeness (QED) is 0.334. The maximum absolute atomic E-state index is 7.03. The van der Waals surface area contributed by atoms with Crippen molar-refractivity contribution >= 4 is 29.2 Å². The van der Waals surface area contributed by atoms with Crippen LogP contribution in [-0.4, -0.2) is 12.8 Å². The highest BCUT2D eigenvalue weighted by atomic mass is 32.4. The molecule has 7 rings (SSSR count). The van der Waals surface area contributed by atoms with E-state index in [2.05, 4.69) is 86.7 Å². The molecule has 0 N–H and O–H groups in total. The molecular formula is C30H31OPS. The molecule has 1 nitrogen and oxygen atoms in total. The van der Waals surface area contributed by atoms with Crippen LogP contribution in [0.5, 0.6) is 5.75 Å². The standard InChI is InChI=1S/C30H31OPS/c1-18-28(20-8-5-4-6-9-20)32(33)26(16-19-12-14-21(31-3)15-13-19)30(18,2)27-24-17-25(29(27)32)23-11-7-10-22(23)24/h4-10,12-16,22-25,27,29H,11,17H2,1-3H3/b26-16+. The van der Waals surface area contributed by atoms with Crippen LogP contribution in [0.1, 0.15) is 37.8 Å². The van der Waals surface area contributed by atoms with Crippen molar-refractivity contribution in [1.29, 1.82) is 0 Å². The molecule has 1 saturated heterocycles. The average Bonchev–Trinajstić information content (AvgIpc) is 3.60. The maximum Gasteiger partial charge on any atom is 0.118 e. The van der Waals surface area contributed by atoms with E-state index in [0.29, 0.717) is 11.6 Å². The Morgan fingerprint density at radius 2 is 1.79 bits per heavy atom. The zero-order valence-corrected chi connectivity index (χ0v) is 21.3. The Bertz CT molecular complexity index is 1290. The second kappa shape index (κ2) is 6.83. The summed E-state index contributed by atoms with van der Waals surface area (Å²) in [5.74, 6) is 4.89. The molecule has 2 aromatic rings. The van der Waals surface area contributed by atoms with Gasteiger partial charge in [-0.1, -0.05) is 78.9 Å². The van der Waals surface area contributed by atoms with Crippen LogP contribution in [0.3, 0.4) is 0 Å². The van der Waals surface area contributed by atoms with Gasteiger partial charge in [0.15, 0.2) is 0 Å². The maximum atomic E-state index is 7.03. The summed E-state index contributed by atoms with van der Waals surface area (Å²) in [5, 5.41) is 3.15. The Kier molecular flexibility index (Phi) is 4.24. The second-order valence-electron chi connectivity index (χ2n) is 11.0. The van der Waals surface area contributed by atoms with Gasteiger partial charge in [-0.2, -0.15) is 0 Å². The average molecular weight is 471 g/mol. The number of benzene rings is 2. The van der Waals surface area contributed by atoms with Gasteiger partial charge in [0, 0.05) is 17.1 Å². The third-order valence-electron chi connectivity index (χ3n) is 10.0. The first-order valence-corrected chi connectivity index (χ1v) is 15.3. The number of ether oxygens (including phenoxy) is 1. The van der Waals surface area contributed by atoms with Crippen molar-refractivity contribution in [3.8, 4) is 5.75 Å². The lowest BCUT2D eigenvalue weighted by Gasteiger charge is -2.45. The van der Waals surface area contributed by atoms with Gasteiger partial charge in [-0.05, 0) is 89.3 Å². The Morgan fingerprint density at radius 3 is 2.52 bits per heavy atom. The molecule has 3 aliphatic carbocycles. The van der Waals surface area contributed by atoms with Crippen LogP contribution in [0.2, 0.25) is 0 Å². The molecule has 4 bridgehead atoms. The van der Waals surface area contributed by atoms with E-state index in [0.717, 1.165) is 29.4 Å². The van der Waals surface area contributed by atoms with Crippen molar-refractivity contribution in [3.05, 3.63) is 88.8 Å². The largest absolute Gasteiger partial charge is 0.497 e. The fraction of sp³-hybridized carbons (Fsp3) is 0.400. The SMILES string of the molecule is COc1ccc(/C=C2\C3(C)C(C)=C(c4ccccc4)P2(=S)C2C4CC(C5C=CCC54)C23)cc1. The summed E-state index contributed by atoms with van der Waals surface area (Å²) in [5.41, 5.74) is 4.99. The molecule has 168 valence electrons. The molecule has 2 heterocycles. The summed E-state index contributed by atoms with van der Waals surface area (Å²) in [7, 11) is 1.73. The molecule has 0 aromatic heterocycles. The molecule has 3 fully saturated rings. The van der Waals surface area contributed by atoms with Crippen LogP contribution >= 0.6 is 6.04 Å². The number of hydrogen-bond acceptors (Lipinski definition) is 2. The summed E-state index contributed by atoms with van der Waals surface area (Å²) in [4.78, 5) is 0. The molecule has 0 spiro atoms. The van der Waals surface area contributed by atoms with E-state index in [1.165, 1.54) is 24.0 Å². The molecule has 0 amide bonds. The number of allylic oxidation sites excluding steroid dienone is 4. The highest BCUT2D eigenvalue weighted by Crippen LogP contribution is 2.93. The van der Waals surface area contributed by atoms with E-state index in [1.54, 1.807) is 23.3 Å². The molecule has 3 heteroatoms. The number of methoxy groups -OCH3 is 1. The predicted octanol–water partition coefficient (Wildman–Crippen LogP) is 7.81. The Balaban J connectivity index is 1.46. The minimum absolute atomic E-state index is 0.0894. The summed E-state index contributed by atoms with van der Waals surface area (Å²) in [6.45, 7) is 4.98. The topological polar surface area (TPSA) is 9.23 Å². The molecule has 8 unspecified atom stereocenters. The fourth-order valence-electron chi connectivity index (χ4n) is 8.81. The van der Waals surface area contributed by atoms with Crippen LogP contribution in [0, 0.1) is 35.0 Å². The van der Waals surface area contributed by atoms with Gasteiger partial charge in [-0.15, -0.1) is 0 Å². The summed E-state index contributed by atoms with van der Waals surface area (Å²) >= 11 is 7.03. The van der Waals surface area contributed by atoms with Gasteiger partial charge in [0.25, 0.3) is 0 Å². The zero-order chi connectivity index (χ0) is 22.5. The van der Waals surface area contributed by atoms with Gasteiger partial charge in [-0.25, -0.2) is 0 Å². The van der Waals surface area contributed by atoms with Gasteiger partial charge in [-0.3, -0.25) is 0 Å². The van der Waals surface area contributed by atoms with E-state index in [-0.39, 0.29) is 5.41 Å². The van der Waals surface area contributed by atoms with Crippen LogP contribution in [0.4, 0.5) is 0 Å². The summed E-state index contributed by atoms with van der Waals surface area (Å²) in [6, 6.07) is 17.8. The monoisotopic (exact) mass is 470 g/mol. The molecule has 0 radical (unpaired) electrons.